The van der Waals surface area contributed by atoms with Crippen LogP contribution in [0.3, 0.4) is 0 Å². The van der Waals surface area contributed by atoms with E-state index >= 15 is 0 Å². The van der Waals surface area contributed by atoms with Crippen LogP contribution in [-0.2, 0) is 4.74 Å². The van der Waals surface area contributed by atoms with E-state index in [0.29, 0.717) is 35.9 Å². The van der Waals surface area contributed by atoms with E-state index in [9.17, 15) is 9.90 Å². The highest BCUT2D eigenvalue weighted by Gasteiger charge is 2.20. The second-order valence-electron chi connectivity index (χ2n) is 6.89. The molecule has 1 saturated carbocycles. The first-order valence-corrected chi connectivity index (χ1v) is 9.21. The summed E-state index contributed by atoms with van der Waals surface area (Å²) in [5, 5.41) is 17.0. The van der Waals surface area contributed by atoms with Crippen LogP contribution in [0.25, 0.3) is 11.7 Å². The van der Waals surface area contributed by atoms with E-state index in [4.69, 9.17) is 9.73 Å². The Morgan fingerprint density at radius 2 is 2.14 bits per heavy atom. The van der Waals surface area contributed by atoms with Crippen LogP contribution in [0.2, 0.25) is 0 Å². The van der Waals surface area contributed by atoms with E-state index in [0.717, 1.165) is 31.4 Å². The molecule has 4 N–H and O–H groups in total. The summed E-state index contributed by atoms with van der Waals surface area (Å²) in [6.45, 7) is 2.86. The maximum atomic E-state index is 11.4. The molecule has 0 atom stereocenters. The van der Waals surface area contributed by atoms with Crippen LogP contribution >= 0.6 is 0 Å². The number of anilines is 1. The van der Waals surface area contributed by atoms with Crippen LogP contribution in [0.1, 0.15) is 18.5 Å². The molecule has 5 rings (SSSR count). The minimum absolute atomic E-state index is 0.227. The summed E-state index contributed by atoms with van der Waals surface area (Å²) in [5.74, 6) is 0.436. The van der Waals surface area contributed by atoms with Gasteiger partial charge in [0.25, 0.3) is 0 Å². The average Bonchev–Trinajstić information content (AvgIpc) is 3.32. The monoisotopic (exact) mass is 384 g/mol. The molecule has 0 radical (unpaired) electrons. The lowest BCUT2D eigenvalue weighted by Gasteiger charge is -2.27. The average molecular weight is 384 g/mol. The van der Waals surface area contributed by atoms with Gasteiger partial charge in [0.2, 0.25) is 5.88 Å². The number of fused-ring (bicyclic) bond motifs is 1. The first-order chi connectivity index (χ1) is 13.7. The van der Waals surface area contributed by atoms with Gasteiger partial charge in [0.15, 0.2) is 11.1 Å². The lowest BCUT2D eigenvalue weighted by molar-refractivity contribution is 0.0495. The molecule has 0 unspecified atom stereocenters. The van der Waals surface area contributed by atoms with Crippen LogP contribution in [0.5, 0.6) is 5.88 Å². The van der Waals surface area contributed by atoms with Gasteiger partial charge in [0.05, 0.1) is 25.5 Å². The van der Waals surface area contributed by atoms with E-state index in [1.807, 2.05) is 6.07 Å². The number of rotatable bonds is 4. The fraction of sp³-hybridized carbons (Fsp3) is 0.412. The predicted molar refractivity (Wildman–Crippen MR) is 99.4 cm³/mol. The molecule has 28 heavy (non-hydrogen) atoms. The van der Waals surface area contributed by atoms with E-state index in [1.165, 1.54) is 0 Å². The standard InChI is InChI=1S/C17H20N8O3/c26-16-12(20-17(27)22-16)7-10-9-18-25-14(19-11-1-2-11)8-13(21-15(10)25)23-24-3-5-28-6-4-24/h7-9,11,23,26H,1-6H2,(H2,20,22,27)/b10-7-,19-14?. The van der Waals surface area contributed by atoms with Crippen molar-refractivity contribution in [1.29, 1.82) is 0 Å². The van der Waals surface area contributed by atoms with Gasteiger partial charge < -0.3 is 20.3 Å². The number of nitrogens with zero attached hydrogens (tertiary/aromatic N) is 5. The third kappa shape index (κ3) is 3.37. The largest absolute Gasteiger partial charge is 0.493 e. The second kappa shape index (κ2) is 6.77. The Morgan fingerprint density at radius 1 is 1.32 bits per heavy atom. The molecule has 4 heterocycles. The summed E-state index contributed by atoms with van der Waals surface area (Å²) in [6.07, 6.45) is 5.42. The number of ether oxygens (including phenoxy) is 1. The van der Waals surface area contributed by atoms with Crippen molar-refractivity contribution in [3.8, 4) is 5.88 Å². The molecule has 3 aromatic heterocycles. The number of nitrogens with one attached hydrogen (secondary N) is 3. The Hall–Kier alpha value is -3.18. The SMILES string of the molecule is O=c1[nH]c(O)c(/C=c2/cnn3c(=NC4CC4)cc(NN4CCOCC4)nc23)[nH]1. The number of aromatic hydroxyl groups is 1. The number of aromatic amines is 2. The number of morpholine rings is 1. The van der Waals surface area contributed by atoms with Gasteiger partial charge in [0, 0.05) is 24.4 Å². The van der Waals surface area contributed by atoms with Gasteiger partial charge in [-0.05, 0) is 18.9 Å². The van der Waals surface area contributed by atoms with E-state index < -0.39 is 5.69 Å². The molecule has 1 aliphatic carbocycles. The number of hydrogen-bond donors (Lipinski definition) is 4. The van der Waals surface area contributed by atoms with Crippen LogP contribution < -0.4 is 21.8 Å². The number of H-pyrrole nitrogens is 2. The minimum atomic E-state index is -0.479. The Balaban J connectivity index is 1.63. The Kier molecular flexibility index (Phi) is 4.10. The Morgan fingerprint density at radius 3 is 2.86 bits per heavy atom. The minimum Gasteiger partial charge on any atom is -0.493 e. The molecule has 11 nitrogen and oxygen atoms in total. The molecular weight excluding hydrogens is 364 g/mol. The Labute approximate surface area is 158 Å². The molecule has 0 spiro atoms. The number of hydrazine groups is 1. The van der Waals surface area contributed by atoms with Crippen molar-refractivity contribution >= 4 is 17.5 Å². The van der Waals surface area contributed by atoms with Crippen molar-refractivity contribution in [2.45, 2.75) is 18.9 Å². The van der Waals surface area contributed by atoms with Crippen molar-refractivity contribution in [1.82, 2.24) is 29.6 Å². The number of imidazole rings is 1. The highest BCUT2D eigenvalue weighted by atomic mass is 16.5. The molecule has 0 aromatic carbocycles. The molecule has 0 bridgehead atoms. The van der Waals surface area contributed by atoms with Gasteiger partial charge in [-0.25, -0.2) is 14.8 Å². The van der Waals surface area contributed by atoms with Gasteiger partial charge in [-0.3, -0.25) is 9.98 Å². The van der Waals surface area contributed by atoms with Crippen molar-refractivity contribution in [2.24, 2.45) is 4.99 Å². The van der Waals surface area contributed by atoms with Crippen LogP contribution in [0.15, 0.2) is 22.1 Å². The maximum absolute atomic E-state index is 11.4. The molecule has 11 heteroatoms. The molecule has 146 valence electrons. The second-order valence-corrected chi connectivity index (χ2v) is 6.89. The lowest BCUT2D eigenvalue weighted by atomic mass is 10.3. The summed E-state index contributed by atoms with van der Waals surface area (Å²) in [6, 6.07) is 2.20. The third-order valence-electron chi connectivity index (χ3n) is 4.66. The first-order valence-electron chi connectivity index (χ1n) is 9.21. The topological polar surface area (TPSA) is 136 Å². The highest BCUT2D eigenvalue weighted by Crippen LogP contribution is 2.22. The third-order valence-corrected chi connectivity index (χ3v) is 4.66. The van der Waals surface area contributed by atoms with Crippen LogP contribution in [-0.4, -0.2) is 67.0 Å². The molecule has 3 aromatic rings. The van der Waals surface area contributed by atoms with Crippen molar-refractivity contribution < 1.29 is 9.84 Å². The fourth-order valence-electron chi connectivity index (χ4n) is 3.09. The van der Waals surface area contributed by atoms with Crippen molar-refractivity contribution in [3.63, 3.8) is 0 Å². The van der Waals surface area contributed by atoms with Crippen LogP contribution in [0, 0.1) is 0 Å². The fourth-order valence-corrected chi connectivity index (χ4v) is 3.09. The van der Waals surface area contributed by atoms with Crippen molar-refractivity contribution in [3.05, 3.63) is 39.1 Å². The molecule has 1 saturated heterocycles. The molecular formula is C17H20N8O3. The molecule has 2 aliphatic rings. The quantitative estimate of drug-likeness (QED) is 0.440. The van der Waals surface area contributed by atoms with Crippen molar-refractivity contribution in [2.75, 3.05) is 31.7 Å². The van der Waals surface area contributed by atoms with E-state index in [-0.39, 0.29) is 11.6 Å². The zero-order valence-electron chi connectivity index (χ0n) is 15.1. The summed E-state index contributed by atoms with van der Waals surface area (Å²) in [5.41, 5.74) is 4.41. The normalized spacial score (nSPS) is 19.6. The smallest absolute Gasteiger partial charge is 0.326 e. The zero-order valence-corrected chi connectivity index (χ0v) is 15.1. The van der Waals surface area contributed by atoms with E-state index in [2.05, 4.69) is 30.5 Å². The molecule has 0 amide bonds. The van der Waals surface area contributed by atoms with Gasteiger partial charge in [0.1, 0.15) is 11.5 Å². The number of hydrogen-bond acceptors (Lipinski definition) is 8. The van der Waals surface area contributed by atoms with Gasteiger partial charge >= 0.3 is 5.69 Å². The van der Waals surface area contributed by atoms with Crippen LogP contribution in [0.4, 0.5) is 5.82 Å². The zero-order chi connectivity index (χ0) is 19.1. The summed E-state index contributed by atoms with van der Waals surface area (Å²) in [7, 11) is 0. The lowest BCUT2D eigenvalue weighted by Crippen LogP contribution is -2.40. The number of aromatic nitrogens is 5. The summed E-state index contributed by atoms with van der Waals surface area (Å²) >= 11 is 0. The highest BCUT2D eigenvalue weighted by molar-refractivity contribution is 5.57. The van der Waals surface area contributed by atoms with Gasteiger partial charge in [-0.15, -0.1) is 0 Å². The summed E-state index contributed by atoms with van der Waals surface area (Å²) < 4.78 is 7.06. The van der Waals surface area contributed by atoms with Gasteiger partial charge in [-0.1, -0.05) is 0 Å². The molecule has 2 fully saturated rings. The predicted octanol–water partition coefficient (Wildman–Crippen LogP) is -1.28. The maximum Gasteiger partial charge on any atom is 0.326 e. The van der Waals surface area contributed by atoms with E-state index in [1.54, 1.807) is 16.8 Å². The van der Waals surface area contributed by atoms with Gasteiger partial charge in [-0.2, -0.15) is 9.61 Å². The summed E-state index contributed by atoms with van der Waals surface area (Å²) in [4.78, 5) is 25.7. The Bertz CT molecular complexity index is 1180. The first kappa shape index (κ1) is 17.0. The molecule has 1 aliphatic heterocycles.